The second kappa shape index (κ2) is 8.82. The van der Waals surface area contributed by atoms with Gasteiger partial charge in [0, 0.05) is 31.7 Å². The van der Waals surface area contributed by atoms with Crippen LogP contribution in [0.3, 0.4) is 0 Å². The average molecular weight is 483 g/mol. The molecule has 1 heterocycles. The summed E-state index contributed by atoms with van der Waals surface area (Å²) in [5.41, 5.74) is 2.04. The second-order valence-electron chi connectivity index (χ2n) is 9.75. The summed E-state index contributed by atoms with van der Waals surface area (Å²) >= 11 is 0. The van der Waals surface area contributed by atoms with Crippen LogP contribution in [-0.4, -0.2) is 72.2 Å². The highest BCUT2D eigenvalue weighted by molar-refractivity contribution is 7.91. The highest BCUT2D eigenvalue weighted by atomic mass is 32.2. The van der Waals surface area contributed by atoms with Gasteiger partial charge >= 0.3 is 0 Å². The maximum Gasteiger partial charge on any atom is 0.254 e. The van der Waals surface area contributed by atoms with Crippen LogP contribution < -0.4 is 0 Å². The molecule has 8 heteroatoms. The molecule has 0 aromatic heterocycles. The molecule has 2 saturated carbocycles. The number of benzene rings is 2. The molecule has 0 radical (unpaired) electrons. The van der Waals surface area contributed by atoms with Gasteiger partial charge in [-0.3, -0.25) is 9.59 Å². The Labute approximate surface area is 200 Å². The number of rotatable bonds is 6. The van der Waals surface area contributed by atoms with E-state index >= 15 is 0 Å². The quantitative estimate of drug-likeness (QED) is 0.683. The van der Waals surface area contributed by atoms with Crippen molar-refractivity contribution in [3.05, 3.63) is 59.7 Å². The molecule has 3 aliphatic rings. The minimum Gasteiger partial charge on any atom is -0.380 e. The number of carbonyl (C=O) groups is 2. The molecule has 7 nitrogen and oxygen atoms in total. The van der Waals surface area contributed by atoms with E-state index in [0.717, 1.165) is 36.0 Å². The molecule has 2 aromatic rings. The van der Waals surface area contributed by atoms with Gasteiger partial charge in [0.05, 0.1) is 11.0 Å². The summed E-state index contributed by atoms with van der Waals surface area (Å²) in [7, 11) is -3.11. The minimum atomic E-state index is -3.11. The van der Waals surface area contributed by atoms with Crippen molar-refractivity contribution in [2.75, 3.05) is 26.2 Å². The molecule has 5 rings (SSSR count). The monoisotopic (exact) mass is 482 g/mol. The summed E-state index contributed by atoms with van der Waals surface area (Å²) in [4.78, 5) is 28.6. The van der Waals surface area contributed by atoms with Crippen LogP contribution in [0.1, 0.15) is 48.0 Å². The SMILES string of the molecule is O=C(c1ccc(-c2cccc(CS(=O)(=O)C3CCC3)c2)cc1)N1CCN(C(=O)C2(O)CC2)CC1. The molecule has 1 N–H and O–H groups in total. The zero-order valence-electron chi connectivity index (χ0n) is 19.2. The van der Waals surface area contributed by atoms with Crippen molar-refractivity contribution in [1.82, 2.24) is 9.80 Å². The fourth-order valence-corrected chi connectivity index (χ4v) is 6.58. The summed E-state index contributed by atoms with van der Waals surface area (Å²) in [5.74, 6) is -0.232. The predicted molar refractivity (Wildman–Crippen MR) is 129 cm³/mol. The van der Waals surface area contributed by atoms with Gasteiger partial charge in [0.2, 0.25) is 0 Å². The van der Waals surface area contributed by atoms with Gasteiger partial charge in [-0.25, -0.2) is 8.42 Å². The molecular weight excluding hydrogens is 452 g/mol. The van der Waals surface area contributed by atoms with Crippen LogP contribution in [0.4, 0.5) is 0 Å². The van der Waals surface area contributed by atoms with Gasteiger partial charge in [0.15, 0.2) is 9.84 Å². The minimum absolute atomic E-state index is 0.0635. The van der Waals surface area contributed by atoms with Crippen molar-refractivity contribution in [1.29, 1.82) is 0 Å². The number of nitrogens with zero attached hydrogens (tertiary/aromatic N) is 2. The molecule has 0 atom stereocenters. The number of aliphatic hydroxyl groups is 1. The highest BCUT2D eigenvalue weighted by Crippen LogP contribution is 2.37. The Bertz CT molecular complexity index is 1190. The van der Waals surface area contributed by atoms with Crippen molar-refractivity contribution in [3.63, 3.8) is 0 Å². The molecule has 3 fully saturated rings. The summed E-state index contributed by atoms with van der Waals surface area (Å²) in [6, 6.07) is 14.9. The van der Waals surface area contributed by atoms with Gasteiger partial charge in [-0.05, 0) is 54.5 Å². The van der Waals surface area contributed by atoms with E-state index in [0.29, 0.717) is 44.6 Å². The van der Waals surface area contributed by atoms with Crippen molar-refractivity contribution in [2.24, 2.45) is 0 Å². The third-order valence-corrected chi connectivity index (χ3v) is 9.52. The molecule has 0 unspecified atom stereocenters. The Morgan fingerprint density at radius 2 is 1.56 bits per heavy atom. The first-order valence-corrected chi connectivity index (χ1v) is 13.7. The fraction of sp³-hybridized carbons (Fsp3) is 0.462. The number of carbonyl (C=O) groups excluding carboxylic acids is 2. The van der Waals surface area contributed by atoms with Gasteiger partial charge in [0.1, 0.15) is 5.60 Å². The number of piperazine rings is 1. The van der Waals surface area contributed by atoms with E-state index in [2.05, 4.69) is 0 Å². The standard InChI is InChI=1S/C26H30N2O5S/c29-24(27-13-15-28(16-14-27)25(30)26(31)11-12-26)21-9-7-20(8-10-21)22-4-1-3-19(17-22)18-34(32,33)23-5-2-6-23/h1,3-4,7-10,17,23,31H,2,5-6,11-16,18H2. The molecule has 2 aliphatic carbocycles. The first-order valence-electron chi connectivity index (χ1n) is 12.0. The Morgan fingerprint density at radius 1 is 0.912 bits per heavy atom. The Kier molecular flexibility index (Phi) is 5.98. The third-order valence-electron chi connectivity index (χ3n) is 7.30. The molecule has 0 spiro atoms. The van der Waals surface area contributed by atoms with Gasteiger partial charge in [0.25, 0.3) is 11.8 Å². The first kappa shape index (κ1) is 23.1. The van der Waals surface area contributed by atoms with E-state index in [1.54, 1.807) is 21.9 Å². The first-order chi connectivity index (χ1) is 16.2. The molecular formula is C26H30N2O5S. The summed E-state index contributed by atoms with van der Waals surface area (Å²) in [5, 5.41) is 9.84. The Balaban J connectivity index is 1.22. The average Bonchev–Trinajstić information content (AvgIpc) is 3.55. The highest BCUT2D eigenvalue weighted by Gasteiger charge is 2.50. The molecule has 2 amide bonds. The summed E-state index contributed by atoms with van der Waals surface area (Å²) in [6.45, 7) is 1.75. The normalized spacial score (nSPS) is 20.0. The zero-order chi connectivity index (χ0) is 23.9. The lowest BCUT2D eigenvalue weighted by Gasteiger charge is -2.35. The van der Waals surface area contributed by atoms with Crippen LogP contribution in [0.15, 0.2) is 48.5 Å². The van der Waals surface area contributed by atoms with Gasteiger partial charge in [-0.1, -0.05) is 42.8 Å². The smallest absolute Gasteiger partial charge is 0.254 e. The molecule has 0 bridgehead atoms. The number of hydrogen-bond donors (Lipinski definition) is 1. The van der Waals surface area contributed by atoms with Crippen molar-refractivity contribution in [2.45, 2.75) is 48.7 Å². The maximum absolute atomic E-state index is 12.9. The van der Waals surface area contributed by atoms with Crippen LogP contribution in [0.2, 0.25) is 0 Å². The lowest BCUT2D eigenvalue weighted by molar-refractivity contribution is -0.143. The van der Waals surface area contributed by atoms with E-state index in [4.69, 9.17) is 0 Å². The van der Waals surface area contributed by atoms with Crippen molar-refractivity contribution >= 4 is 21.7 Å². The topological polar surface area (TPSA) is 95.0 Å². The van der Waals surface area contributed by atoms with E-state index in [-0.39, 0.29) is 22.8 Å². The van der Waals surface area contributed by atoms with Crippen LogP contribution in [0, 0.1) is 0 Å². The predicted octanol–water partition coefficient (Wildman–Crippen LogP) is 2.63. The summed E-state index contributed by atoms with van der Waals surface area (Å²) in [6.07, 6.45) is 3.58. The molecule has 34 heavy (non-hydrogen) atoms. The van der Waals surface area contributed by atoms with Gasteiger partial charge in [-0.15, -0.1) is 0 Å². The van der Waals surface area contributed by atoms with Crippen LogP contribution in [0.25, 0.3) is 11.1 Å². The van der Waals surface area contributed by atoms with Gasteiger partial charge in [-0.2, -0.15) is 0 Å². The molecule has 180 valence electrons. The number of sulfone groups is 1. The second-order valence-corrected chi connectivity index (χ2v) is 12.0. The zero-order valence-corrected chi connectivity index (χ0v) is 20.0. The van der Waals surface area contributed by atoms with Gasteiger partial charge < -0.3 is 14.9 Å². The van der Waals surface area contributed by atoms with E-state index in [9.17, 15) is 23.1 Å². The maximum atomic E-state index is 12.9. The molecule has 2 aromatic carbocycles. The van der Waals surface area contributed by atoms with Crippen LogP contribution >= 0.6 is 0 Å². The lowest BCUT2D eigenvalue weighted by atomic mass is 10.00. The largest absolute Gasteiger partial charge is 0.380 e. The van der Waals surface area contributed by atoms with E-state index in [1.165, 1.54) is 0 Å². The Hall–Kier alpha value is -2.71. The Morgan fingerprint density at radius 3 is 2.15 bits per heavy atom. The molecule has 1 aliphatic heterocycles. The fourth-order valence-electron chi connectivity index (χ4n) is 4.65. The lowest BCUT2D eigenvalue weighted by Crippen LogP contribution is -2.53. The van der Waals surface area contributed by atoms with Crippen LogP contribution in [0.5, 0.6) is 0 Å². The van der Waals surface area contributed by atoms with E-state index < -0.39 is 15.4 Å². The summed E-state index contributed by atoms with van der Waals surface area (Å²) < 4.78 is 25.1. The van der Waals surface area contributed by atoms with Crippen molar-refractivity contribution in [3.8, 4) is 11.1 Å². The number of amides is 2. The van der Waals surface area contributed by atoms with Crippen molar-refractivity contribution < 1.29 is 23.1 Å². The van der Waals surface area contributed by atoms with Crippen LogP contribution in [-0.2, 0) is 20.4 Å². The number of hydrogen-bond acceptors (Lipinski definition) is 5. The molecule has 1 saturated heterocycles. The van der Waals surface area contributed by atoms with E-state index in [1.807, 2.05) is 36.4 Å². The third kappa shape index (κ3) is 4.61.